The lowest BCUT2D eigenvalue weighted by Crippen LogP contribution is -2.52. The minimum Gasteiger partial charge on any atom is -0.469 e. The van der Waals surface area contributed by atoms with E-state index in [1.54, 1.807) is 6.92 Å². The number of carbonyl (C=O) groups is 3. The topological polar surface area (TPSA) is 122 Å². The molecule has 2 aliphatic heterocycles. The molecule has 9 nitrogen and oxygen atoms in total. The highest BCUT2D eigenvalue weighted by Crippen LogP contribution is 2.56. The van der Waals surface area contributed by atoms with Gasteiger partial charge in [0.05, 0.1) is 18.9 Å². The highest BCUT2D eigenvalue weighted by Gasteiger charge is 2.55. The summed E-state index contributed by atoms with van der Waals surface area (Å²) in [6.45, 7) is 5.00. The third kappa shape index (κ3) is 7.30. The number of rotatable bonds is 8. The molecular weight excluding hydrogens is 604 g/mol. The normalized spacial score (nSPS) is 23.8. The van der Waals surface area contributed by atoms with Gasteiger partial charge in [-0.2, -0.15) is 0 Å². The SMILES string of the molecule is CC/C(N)=C(\C(F)F)N(C)N.CCCc1ccc(Cl)c2c1C(N1CC3(CC3)CC1=O)N(C(=O)C1CC=CCC1C(=O)OC)CC2. The van der Waals surface area contributed by atoms with Crippen molar-refractivity contribution in [1.29, 1.82) is 0 Å². The standard InChI is InChI=1S/C27H33ClN2O4.C6H13F2N3/c1-3-6-17-9-10-21(28)20-11-14-29(25(32)18-7-4-5-8-19(18)26(33)34-2)24(23(17)20)30-16-27(12-13-27)15-22(30)31;1-3-4(9)5(6(7)8)11(2)10/h4-5,9-10,18-19,24H,3,6-8,11-16H2,1-2H3;6H,3,9-10H2,1-2H3/b;5-4-. The number of nitrogens with two attached hydrogens (primary N) is 2. The first-order valence-corrected chi connectivity index (χ1v) is 16.1. The molecule has 0 aromatic heterocycles. The second-order valence-corrected chi connectivity index (χ2v) is 13.0. The van der Waals surface area contributed by atoms with Crippen molar-refractivity contribution in [3.05, 3.63) is 57.4 Å². The lowest BCUT2D eigenvalue weighted by Gasteiger charge is -2.45. The molecule has 0 bridgehead atoms. The Morgan fingerprint density at radius 1 is 1.18 bits per heavy atom. The van der Waals surface area contributed by atoms with Gasteiger partial charge in [0.15, 0.2) is 0 Å². The molecule has 2 fully saturated rings. The molecule has 12 heteroatoms. The number of esters is 1. The maximum atomic E-state index is 14.1. The van der Waals surface area contributed by atoms with E-state index in [1.807, 2.05) is 28.0 Å². The number of aryl methyl sites for hydroxylation is 1. The van der Waals surface area contributed by atoms with E-state index in [0.29, 0.717) is 50.2 Å². The van der Waals surface area contributed by atoms with Gasteiger partial charge in [-0.1, -0.05) is 50.1 Å². The number of allylic oxidation sites excluding steroid dienone is 4. The van der Waals surface area contributed by atoms with Crippen molar-refractivity contribution >= 4 is 29.4 Å². The van der Waals surface area contributed by atoms with Crippen molar-refractivity contribution in [2.45, 2.75) is 84.2 Å². The first-order valence-electron chi connectivity index (χ1n) is 15.8. The van der Waals surface area contributed by atoms with Gasteiger partial charge >= 0.3 is 5.97 Å². The van der Waals surface area contributed by atoms with E-state index in [-0.39, 0.29) is 34.6 Å². The van der Waals surface area contributed by atoms with Crippen LogP contribution < -0.4 is 11.6 Å². The molecule has 45 heavy (non-hydrogen) atoms. The Balaban J connectivity index is 0.000000360. The zero-order valence-corrected chi connectivity index (χ0v) is 27.4. The average molecular weight is 650 g/mol. The number of likely N-dealkylation sites (tertiary alicyclic amines) is 1. The smallest absolute Gasteiger partial charge is 0.309 e. The van der Waals surface area contributed by atoms with Crippen LogP contribution in [-0.4, -0.2) is 66.3 Å². The van der Waals surface area contributed by atoms with Crippen LogP contribution in [0, 0.1) is 17.3 Å². The molecule has 1 saturated carbocycles. The van der Waals surface area contributed by atoms with E-state index in [2.05, 4.69) is 13.0 Å². The number of carbonyl (C=O) groups excluding carboxylic acids is 3. The van der Waals surface area contributed by atoms with E-state index in [1.165, 1.54) is 14.2 Å². The molecule has 4 aliphatic rings. The minimum atomic E-state index is -2.61. The van der Waals surface area contributed by atoms with Crippen molar-refractivity contribution in [1.82, 2.24) is 14.8 Å². The second kappa shape index (κ2) is 14.5. The van der Waals surface area contributed by atoms with E-state index >= 15 is 0 Å². The summed E-state index contributed by atoms with van der Waals surface area (Å²) in [7, 11) is 2.71. The maximum absolute atomic E-state index is 14.1. The van der Waals surface area contributed by atoms with Gasteiger partial charge in [-0.25, -0.2) is 14.6 Å². The third-order valence-corrected chi connectivity index (χ3v) is 9.86. The molecule has 1 spiro atoms. The quantitative estimate of drug-likeness (QED) is 0.174. The Morgan fingerprint density at radius 2 is 1.84 bits per heavy atom. The van der Waals surface area contributed by atoms with Gasteiger partial charge in [-0.05, 0) is 67.6 Å². The monoisotopic (exact) mass is 649 g/mol. The summed E-state index contributed by atoms with van der Waals surface area (Å²) in [6.07, 6.45) is 7.40. The number of hydrazine groups is 1. The molecule has 3 unspecified atom stereocenters. The Kier molecular flexibility index (Phi) is 11.2. The summed E-state index contributed by atoms with van der Waals surface area (Å²) >= 11 is 6.67. The predicted molar refractivity (Wildman–Crippen MR) is 168 cm³/mol. The van der Waals surface area contributed by atoms with Crippen LogP contribution >= 0.6 is 11.6 Å². The second-order valence-electron chi connectivity index (χ2n) is 12.6. The first-order chi connectivity index (χ1) is 21.4. The van der Waals surface area contributed by atoms with Gasteiger partial charge in [0.2, 0.25) is 11.8 Å². The minimum absolute atomic E-state index is 0.0672. The Hall–Kier alpha value is -3.18. The van der Waals surface area contributed by atoms with Crippen LogP contribution in [0.15, 0.2) is 35.7 Å². The number of amides is 2. The summed E-state index contributed by atoms with van der Waals surface area (Å²) in [5, 5.41) is 1.55. The van der Waals surface area contributed by atoms with E-state index in [9.17, 15) is 23.2 Å². The zero-order valence-electron chi connectivity index (χ0n) is 26.7. The lowest BCUT2D eigenvalue weighted by molar-refractivity contribution is -0.157. The van der Waals surface area contributed by atoms with Crippen LogP contribution in [0.2, 0.25) is 5.02 Å². The number of methoxy groups -OCH3 is 1. The molecule has 4 N–H and O–H groups in total. The summed E-state index contributed by atoms with van der Waals surface area (Å²) in [6, 6.07) is 4.01. The highest BCUT2D eigenvalue weighted by atomic mass is 35.5. The van der Waals surface area contributed by atoms with E-state index < -0.39 is 24.4 Å². The first kappa shape index (κ1) is 34.7. The Labute approximate surface area is 269 Å². The molecule has 1 saturated heterocycles. The van der Waals surface area contributed by atoms with Crippen LogP contribution in [0.3, 0.4) is 0 Å². The zero-order chi connectivity index (χ0) is 33.1. The molecule has 0 radical (unpaired) electrons. The summed E-state index contributed by atoms with van der Waals surface area (Å²) in [4.78, 5) is 43.8. The van der Waals surface area contributed by atoms with E-state index in [4.69, 9.17) is 27.9 Å². The van der Waals surface area contributed by atoms with Crippen LogP contribution in [-0.2, 0) is 32.0 Å². The molecule has 1 aromatic rings. The summed E-state index contributed by atoms with van der Waals surface area (Å²) < 4.78 is 29.3. The molecule has 248 valence electrons. The van der Waals surface area contributed by atoms with Gasteiger partial charge < -0.3 is 25.3 Å². The van der Waals surface area contributed by atoms with Gasteiger partial charge in [-0.15, -0.1) is 0 Å². The van der Waals surface area contributed by atoms with Crippen molar-refractivity contribution in [3.8, 4) is 0 Å². The molecule has 2 aliphatic carbocycles. The Bertz CT molecular complexity index is 1340. The highest BCUT2D eigenvalue weighted by molar-refractivity contribution is 6.31. The number of alkyl halides is 2. The fourth-order valence-corrected chi connectivity index (χ4v) is 7.15. The maximum Gasteiger partial charge on any atom is 0.309 e. The number of ether oxygens (including phenoxy) is 1. The van der Waals surface area contributed by atoms with Gasteiger partial charge in [0, 0.05) is 42.8 Å². The molecule has 3 atom stereocenters. The number of benzene rings is 1. The van der Waals surface area contributed by atoms with Gasteiger partial charge in [0.25, 0.3) is 6.43 Å². The lowest BCUT2D eigenvalue weighted by atomic mass is 9.81. The number of fused-ring (bicyclic) bond motifs is 1. The molecular formula is C33H46ClF2N5O4. The fraction of sp³-hybridized carbons (Fsp3) is 0.606. The van der Waals surface area contributed by atoms with Gasteiger partial charge in [0.1, 0.15) is 11.9 Å². The number of nitrogens with zero attached hydrogens (tertiary/aromatic N) is 3. The number of hydrogen-bond acceptors (Lipinski definition) is 7. The van der Waals surface area contributed by atoms with Crippen LogP contribution in [0.4, 0.5) is 8.78 Å². The third-order valence-electron chi connectivity index (χ3n) is 9.50. The summed E-state index contributed by atoms with van der Waals surface area (Å²) in [5.74, 6) is 3.85. The van der Waals surface area contributed by atoms with Crippen LogP contribution in [0.1, 0.15) is 81.6 Å². The van der Waals surface area contributed by atoms with E-state index in [0.717, 1.165) is 47.4 Å². The Morgan fingerprint density at radius 3 is 2.36 bits per heavy atom. The van der Waals surface area contributed by atoms with Crippen LogP contribution in [0.5, 0.6) is 0 Å². The average Bonchev–Trinajstić information content (AvgIpc) is 3.69. The number of halogens is 3. The van der Waals surface area contributed by atoms with Crippen LogP contribution in [0.25, 0.3) is 0 Å². The molecule has 1 aromatic carbocycles. The van der Waals surface area contributed by atoms with Crippen molar-refractivity contribution in [2.24, 2.45) is 28.8 Å². The summed E-state index contributed by atoms with van der Waals surface area (Å²) in [5.41, 5.74) is 8.44. The fourth-order valence-electron chi connectivity index (χ4n) is 6.89. The van der Waals surface area contributed by atoms with Gasteiger partial charge in [-0.3, -0.25) is 14.4 Å². The van der Waals surface area contributed by atoms with Crippen molar-refractivity contribution < 1.29 is 27.9 Å². The largest absolute Gasteiger partial charge is 0.469 e. The van der Waals surface area contributed by atoms with Crippen molar-refractivity contribution in [2.75, 3.05) is 27.2 Å². The number of hydrogen-bond donors (Lipinski definition) is 2. The van der Waals surface area contributed by atoms with Crippen molar-refractivity contribution in [3.63, 3.8) is 0 Å². The molecule has 2 heterocycles. The predicted octanol–water partition coefficient (Wildman–Crippen LogP) is 5.08. The molecule has 5 rings (SSSR count). The molecule has 2 amide bonds.